The summed E-state index contributed by atoms with van der Waals surface area (Å²) in [7, 11) is 0. The molecule has 1 N–H and O–H groups in total. The standard InChI is InChI=1S/C18H26N2O/c1-14(21)19-18-7-5-6-16-12-15(8-9-17(16)18)13-20-10-3-2-4-11-20/h8-9,12,18H,2-7,10-11,13H2,1H3,(H,19,21)/t18-/m1/s1. The van der Waals surface area contributed by atoms with E-state index in [2.05, 4.69) is 28.4 Å². The van der Waals surface area contributed by atoms with Gasteiger partial charge in [-0.15, -0.1) is 0 Å². The number of nitrogens with zero attached hydrogens (tertiary/aromatic N) is 1. The van der Waals surface area contributed by atoms with E-state index in [9.17, 15) is 4.79 Å². The largest absolute Gasteiger partial charge is 0.350 e. The number of aryl methyl sites for hydroxylation is 1. The maximum atomic E-state index is 11.3. The molecule has 0 radical (unpaired) electrons. The van der Waals surface area contributed by atoms with Gasteiger partial charge < -0.3 is 5.32 Å². The van der Waals surface area contributed by atoms with Crippen molar-refractivity contribution in [2.75, 3.05) is 13.1 Å². The van der Waals surface area contributed by atoms with Crippen LogP contribution in [-0.2, 0) is 17.8 Å². The van der Waals surface area contributed by atoms with Crippen molar-refractivity contribution in [1.29, 1.82) is 0 Å². The molecule has 1 saturated heterocycles. The summed E-state index contributed by atoms with van der Waals surface area (Å²) in [5, 5.41) is 3.09. The Labute approximate surface area is 127 Å². The van der Waals surface area contributed by atoms with E-state index in [1.54, 1.807) is 6.92 Å². The van der Waals surface area contributed by atoms with Crippen LogP contribution in [0.1, 0.15) is 61.8 Å². The summed E-state index contributed by atoms with van der Waals surface area (Å²) in [5.41, 5.74) is 4.20. The lowest BCUT2D eigenvalue weighted by Gasteiger charge is -2.29. The molecule has 3 heteroatoms. The Morgan fingerprint density at radius 2 is 2.05 bits per heavy atom. The summed E-state index contributed by atoms with van der Waals surface area (Å²) in [6, 6.07) is 7.09. The van der Waals surface area contributed by atoms with E-state index in [-0.39, 0.29) is 11.9 Å². The summed E-state index contributed by atoms with van der Waals surface area (Å²) in [4.78, 5) is 13.9. The van der Waals surface area contributed by atoms with E-state index in [0.717, 1.165) is 19.4 Å². The van der Waals surface area contributed by atoms with Gasteiger partial charge in [-0.2, -0.15) is 0 Å². The van der Waals surface area contributed by atoms with Crippen molar-refractivity contribution < 1.29 is 4.79 Å². The van der Waals surface area contributed by atoms with Crippen LogP contribution < -0.4 is 5.32 Å². The topological polar surface area (TPSA) is 32.3 Å². The number of hydrogen-bond acceptors (Lipinski definition) is 2. The highest BCUT2D eigenvalue weighted by Crippen LogP contribution is 2.30. The highest BCUT2D eigenvalue weighted by molar-refractivity contribution is 5.73. The third kappa shape index (κ3) is 3.65. The molecule has 0 saturated carbocycles. The fraction of sp³-hybridized carbons (Fsp3) is 0.611. The predicted molar refractivity (Wildman–Crippen MR) is 85.1 cm³/mol. The molecule has 21 heavy (non-hydrogen) atoms. The normalized spacial score (nSPS) is 22.6. The van der Waals surface area contributed by atoms with Crippen LogP contribution in [0, 0.1) is 0 Å². The number of fused-ring (bicyclic) bond motifs is 1. The molecule has 0 spiro atoms. The van der Waals surface area contributed by atoms with Crippen LogP contribution in [0.4, 0.5) is 0 Å². The maximum Gasteiger partial charge on any atom is 0.217 e. The average molecular weight is 286 g/mol. The van der Waals surface area contributed by atoms with Gasteiger partial charge in [-0.3, -0.25) is 9.69 Å². The minimum Gasteiger partial charge on any atom is -0.350 e. The number of benzene rings is 1. The van der Waals surface area contributed by atoms with E-state index in [4.69, 9.17) is 0 Å². The Hall–Kier alpha value is -1.35. The second-order valence-electron chi connectivity index (χ2n) is 6.52. The van der Waals surface area contributed by atoms with Crippen LogP contribution in [0.15, 0.2) is 18.2 Å². The van der Waals surface area contributed by atoms with Crippen LogP contribution in [-0.4, -0.2) is 23.9 Å². The molecule has 1 amide bonds. The van der Waals surface area contributed by atoms with Gasteiger partial charge in [0.25, 0.3) is 0 Å². The fourth-order valence-corrected chi connectivity index (χ4v) is 3.74. The second-order valence-corrected chi connectivity index (χ2v) is 6.52. The Balaban J connectivity index is 1.72. The molecule has 114 valence electrons. The predicted octanol–water partition coefficient (Wildman–Crippen LogP) is 3.19. The van der Waals surface area contributed by atoms with E-state index in [0.29, 0.717) is 0 Å². The Morgan fingerprint density at radius 1 is 1.24 bits per heavy atom. The lowest BCUT2D eigenvalue weighted by Crippen LogP contribution is -2.30. The van der Waals surface area contributed by atoms with Crippen molar-refractivity contribution in [2.45, 2.75) is 58.0 Å². The molecular weight excluding hydrogens is 260 g/mol. The monoisotopic (exact) mass is 286 g/mol. The van der Waals surface area contributed by atoms with E-state index in [1.165, 1.54) is 55.5 Å². The van der Waals surface area contributed by atoms with Crippen molar-refractivity contribution >= 4 is 5.91 Å². The third-order valence-corrected chi connectivity index (χ3v) is 4.75. The van der Waals surface area contributed by atoms with E-state index >= 15 is 0 Å². The number of carbonyl (C=O) groups excluding carboxylic acids is 1. The van der Waals surface area contributed by atoms with Crippen molar-refractivity contribution in [3.8, 4) is 0 Å². The summed E-state index contributed by atoms with van der Waals surface area (Å²) in [6.07, 6.45) is 7.46. The van der Waals surface area contributed by atoms with Gasteiger partial charge in [0.15, 0.2) is 0 Å². The van der Waals surface area contributed by atoms with Crippen molar-refractivity contribution in [2.24, 2.45) is 0 Å². The first-order valence-corrected chi connectivity index (χ1v) is 8.33. The van der Waals surface area contributed by atoms with Crippen LogP contribution in [0.5, 0.6) is 0 Å². The molecule has 0 aromatic heterocycles. The summed E-state index contributed by atoms with van der Waals surface area (Å²) in [5.74, 6) is 0.0743. The molecule has 2 aliphatic rings. The number of likely N-dealkylation sites (tertiary alicyclic amines) is 1. The SMILES string of the molecule is CC(=O)N[C@@H]1CCCc2cc(CN3CCCCC3)ccc21. The highest BCUT2D eigenvalue weighted by atomic mass is 16.1. The summed E-state index contributed by atoms with van der Waals surface area (Å²) < 4.78 is 0. The third-order valence-electron chi connectivity index (χ3n) is 4.75. The number of rotatable bonds is 3. The van der Waals surface area contributed by atoms with E-state index in [1.807, 2.05) is 0 Å². The molecule has 0 bridgehead atoms. The summed E-state index contributed by atoms with van der Waals surface area (Å²) in [6.45, 7) is 5.17. The minimum atomic E-state index is 0.0743. The first kappa shape index (κ1) is 14.6. The molecule has 1 atom stereocenters. The highest BCUT2D eigenvalue weighted by Gasteiger charge is 2.21. The molecule has 3 rings (SSSR count). The van der Waals surface area contributed by atoms with Gasteiger partial charge in [-0.1, -0.05) is 24.6 Å². The zero-order chi connectivity index (χ0) is 14.7. The van der Waals surface area contributed by atoms with Crippen molar-refractivity contribution in [1.82, 2.24) is 10.2 Å². The molecular formula is C18H26N2O. The zero-order valence-corrected chi connectivity index (χ0v) is 13.0. The fourth-order valence-electron chi connectivity index (χ4n) is 3.74. The molecule has 1 heterocycles. The molecule has 0 unspecified atom stereocenters. The molecule has 1 aliphatic carbocycles. The van der Waals surface area contributed by atoms with Crippen molar-refractivity contribution in [3.05, 3.63) is 34.9 Å². The first-order valence-electron chi connectivity index (χ1n) is 8.33. The lowest BCUT2D eigenvalue weighted by molar-refractivity contribution is -0.119. The zero-order valence-electron chi connectivity index (χ0n) is 13.0. The quantitative estimate of drug-likeness (QED) is 0.925. The molecule has 1 aliphatic heterocycles. The molecule has 1 aromatic rings. The molecule has 1 aromatic carbocycles. The van der Waals surface area contributed by atoms with Gasteiger partial charge in [0.1, 0.15) is 0 Å². The van der Waals surface area contributed by atoms with Gasteiger partial charge in [-0.05, 0) is 61.9 Å². The second kappa shape index (κ2) is 6.61. The van der Waals surface area contributed by atoms with Gasteiger partial charge >= 0.3 is 0 Å². The van der Waals surface area contributed by atoms with Gasteiger partial charge in [0, 0.05) is 13.5 Å². The first-order chi connectivity index (χ1) is 10.2. The van der Waals surface area contributed by atoms with Gasteiger partial charge in [-0.25, -0.2) is 0 Å². The van der Waals surface area contributed by atoms with Crippen molar-refractivity contribution in [3.63, 3.8) is 0 Å². The molecule has 3 nitrogen and oxygen atoms in total. The van der Waals surface area contributed by atoms with Gasteiger partial charge in [0.2, 0.25) is 5.91 Å². The number of hydrogen-bond donors (Lipinski definition) is 1. The van der Waals surface area contributed by atoms with Crippen LogP contribution in [0.2, 0.25) is 0 Å². The average Bonchev–Trinajstić information content (AvgIpc) is 2.48. The minimum absolute atomic E-state index is 0.0743. The Kier molecular flexibility index (Phi) is 4.59. The number of amides is 1. The van der Waals surface area contributed by atoms with E-state index < -0.39 is 0 Å². The van der Waals surface area contributed by atoms with Gasteiger partial charge in [0.05, 0.1) is 6.04 Å². The molecule has 1 fully saturated rings. The van der Waals surface area contributed by atoms with Crippen LogP contribution in [0.25, 0.3) is 0 Å². The maximum absolute atomic E-state index is 11.3. The number of nitrogens with one attached hydrogen (secondary N) is 1. The Morgan fingerprint density at radius 3 is 2.81 bits per heavy atom. The van der Waals surface area contributed by atoms with Crippen LogP contribution in [0.3, 0.4) is 0 Å². The van der Waals surface area contributed by atoms with Crippen LogP contribution >= 0.6 is 0 Å². The smallest absolute Gasteiger partial charge is 0.217 e. The number of piperidine rings is 1. The number of carbonyl (C=O) groups is 1. The summed E-state index contributed by atoms with van der Waals surface area (Å²) >= 11 is 0. The lowest BCUT2D eigenvalue weighted by atomic mass is 9.86. The Bertz CT molecular complexity index is 506.